The summed E-state index contributed by atoms with van der Waals surface area (Å²) in [5, 5.41) is 8.95. The van der Waals surface area contributed by atoms with E-state index in [1.54, 1.807) is 0 Å². The van der Waals surface area contributed by atoms with Gasteiger partial charge in [0.05, 0.1) is 19.3 Å². The number of aliphatic hydroxyl groups excluding tert-OH is 1. The van der Waals surface area contributed by atoms with Crippen molar-refractivity contribution in [2.45, 2.75) is 19.9 Å². The molecule has 0 radical (unpaired) electrons. The maximum absolute atomic E-state index is 12.1. The van der Waals surface area contributed by atoms with E-state index in [1.807, 2.05) is 0 Å². The third kappa shape index (κ3) is 2.99. The molecule has 90 valence electrons. The molecule has 16 heavy (non-hydrogen) atoms. The molecule has 4 nitrogen and oxygen atoms in total. The number of pyridine rings is 1. The fourth-order valence-corrected chi connectivity index (χ4v) is 1.17. The summed E-state index contributed by atoms with van der Waals surface area (Å²) in [5.74, 6) is -0.582. The molecule has 0 unspecified atom stereocenters. The standard InChI is InChI=1S/C9H10F3NO3/c1-5-3-7(16-9(10,11)12)6(4-14)8(13-5)15-2/h3,14H,4H2,1-2H3. The van der Waals surface area contributed by atoms with E-state index in [1.165, 1.54) is 14.0 Å². The van der Waals surface area contributed by atoms with Gasteiger partial charge >= 0.3 is 6.36 Å². The Balaban J connectivity index is 3.20. The summed E-state index contributed by atoms with van der Waals surface area (Å²) in [5.41, 5.74) is 0.165. The van der Waals surface area contributed by atoms with Gasteiger partial charge in [-0.05, 0) is 6.92 Å². The minimum Gasteiger partial charge on any atom is -0.481 e. The molecule has 0 saturated carbocycles. The maximum atomic E-state index is 12.1. The molecule has 0 spiro atoms. The van der Waals surface area contributed by atoms with Gasteiger partial charge in [-0.15, -0.1) is 13.2 Å². The minimum atomic E-state index is -4.82. The summed E-state index contributed by atoms with van der Waals surface area (Å²) < 4.78 is 44.7. The van der Waals surface area contributed by atoms with Crippen molar-refractivity contribution in [3.63, 3.8) is 0 Å². The number of aliphatic hydroxyl groups is 1. The Labute approximate surface area is 89.6 Å². The van der Waals surface area contributed by atoms with Crippen LogP contribution in [0.1, 0.15) is 11.3 Å². The zero-order chi connectivity index (χ0) is 12.3. The van der Waals surface area contributed by atoms with Gasteiger partial charge in [-0.25, -0.2) is 4.98 Å². The summed E-state index contributed by atoms with van der Waals surface area (Å²) in [4.78, 5) is 3.82. The van der Waals surface area contributed by atoms with E-state index in [-0.39, 0.29) is 11.4 Å². The molecule has 1 aromatic rings. The SMILES string of the molecule is COc1nc(C)cc(OC(F)(F)F)c1CO. The van der Waals surface area contributed by atoms with E-state index >= 15 is 0 Å². The molecule has 1 aromatic heterocycles. The summed E-state index contributed by atoms with van der Waals surface area (Å²) in [6.45, 7) is 0.842. The van der Waals surface area contributed by atoms with Crippen molar-refractivity contribution >= 4 is 0 Å². The lowest BCUT2D eigenvalue weighted by Gasteiger charge is -2.14. The van der Waals surface area contributed by atoms with Gasteiger partial charge < -0.3 is 14.6 Å². The van der Waals surface area contributed by atoms with Crippen LogP contribution in [-0.4, -0.2) is 23.6 Å². The summed E-state index contributed by atoms with van der Waals surface area (Å²) in [6.07, 6.45) is -4.82. The second kappa shape index (κ2) is 4.56. The van der Waals surface area contributed by atoms with Gasteiger partial charge in [0, 0.05) is 11.8 Å². The van der Waals surface area contributed by atoms with E-state index in [0.29, 0.717) is 5.69 Å². The first-order chi connectivity index (χ1) is 7.37. The normalized spacial score (nSPS) is 11.4. The summed E-state index contributed by atoms with van der Waals surface area (Å²) in [7, 11) is 1.25. The Morgan fingerprint density at radius 2 is 2.06 bits per heavy atom. The summed E-state index contributed by atoms with van der Waals surface area (Å²) >= 11 is 0. The quantitative estimate of drug-likeness (QED) is 0.870. The van der Waals surface area contributed by atoms with E-state index in [0.717, 1.165) is 6.07 Å². The lowest BCUT2D eigenvalue weighted by atomic mass is 10.2. The van der Waals surface area contributed by atoms with Crippen LogP contribution in [0.15, 0.2) is 6.07 Å². The van der Waals surface area contributed by atoms with E-state index in [4.69, 9.17) is 9.84 Å². The van der Waals surface area contributed by atoms with E-state index in [2.05, 4.69) is 9.72 Å². The lowest BCUT2D eigenvalue weighted by molar-refractivity contribution is -0.275. The first-order valence-electron chi connectivity index (χ1n) is 4.28. The number of hydrogen-bond acceptors (Lipinski definition) is 4. The number of aryl methyl sites for hydroxylation is 1. The van der Waals surface area contributed by atoms with Gasteiger partial charge in [0.15, 0.2) is 0 Å². The number of hydrogen-bond donors (Lipinski definition) is 1. The highest BCUT2D eigenvalue weighted by Gasteiger charge is 2.33. The van der Waals surface area contributed by atoms with Gasteiger partial charge in [0.1, 0.15) is 5.75 Å². The van der Waals surface area contributed by atoms with Crippen molar-refractivity contribution in [3.05, 3.63) is 17.3 Å². The highest BCUT2D eigenvalue weighted by Crippen LogP contribution is 2.31. The molecule has 1 heterocycles. The number of nitrogens with zero attached hydrogens (tertiary/aromatic N) is 1. The second-order valence-corrected chi connectivity index (χ2v) is 2.96. The molecule has 7 heteroatoms. The van der Waals surface area contributed by atoms with Crippen molar-refractivity contribution in [1.29, 1.82) is 0 Å². The second-order valence-electron chi connectivity index (χ2n) is 2.96. The Bertz CT molecular complexity index is 379. The Morgan fingerprint density at radius 1 is 1.44 bits per heavy atom. The highest BCUT2D eigenvalue weighted by atomic mass is 19.4. The van der Waals surface area contributed by atoms with Crippen LogP contribution in [0.25, 0.3) is 0 Å². The number of rotatable bonds is 3. The number of halogens is 3. The molecule has 1 rings (SSSR count). The maximum Gasteiger partial charge on any atom is 0.573 e. The fraction of sp³-hybridized carbons (Fsp3) is 0.444. The van der Waals surface area contributed by atoms with Crippen LogP contribution in [-0.2, 0) is 6.61 Å². The van der Waals surface area contributed by atoms with E-state index < -0.39 is 18.7 Å². The zero-order valence-electron chi connectivity index (χ0n) is 8.63. The fourth-order valence-electron chi connectivity index (χ4n) is 1.17. The van der Waals surface area contributed by atoms with Crippen molar-refractivity contribution < 1.29 is 27.8 Å². The lowest BCUT2D eigenvalue weighted by Crippen LogP contribution is -2.18. The van der Waals surface area contributed by atoms with Crippen molar-refractivity contribution in [2.24, 2.45) is 0 Å². The molecule has 0 atom stereocenters. The third-order valence-corrected chi connectivity index (χ3v) is 1.75. The third-order valence-electron chi connectivity index (χ3n) is 1.75. The van der Waals surface area contributed by atoms with Crippen LogP contribution in [0, 0.1) is 6.92 Å². The average Bonchev–Trinajstić information content (AvgIpc) is 2.14. The predicted molar refractivity (Wildman–Crippen MR) is 48.1 cm³/mol. The first-order valence-corrected chi connectivity index (χ1v) is 4.28. The molecule has 0 aliphatic rings. The molecular formula is C9H10F3NO3. The molecule has 0 saturated heterocycles. The number of methoxy groups -OCH3 is 1. The Morgan fingerprint density at radius 3 is 2.50 bits per heavy atom. The van der Waals surface area contributed by atoms with Crippen LogP contribution < -0.4 is 9.47 Å². The smallest absolute Gasteiger partial charge is 0.481 e. The molecule has 0 fully saturated rings. The summed E-state index contributed by atoms with van der Waals surface area (Å²) in [6, 6.07) is 1.08. The average molecular weight is 237 g/mol. The minimum absolute atomic E-state index is 0.0817. The predicted octanol–water partition coefficient (Wildman–Crippen LogP) is 1.79. The van der Waals surface area contributed by atoms with Crippen LogP contribution in [0.5, 0.6) is 11.6 Å². The van der Waals surface area contributed by atoms with Gasteiger partial charge in [-0.2, -0.15) is 0 Å². The largest absolute Gasteiger partial charge is 0.573 e. The van der Waals surface area contributed by atoms with Crippen LogP contribution >= 0.6 is 0 Å². The molecule has 0 aliphatic carbocycles. The monoisotopic (exact) mass is 237 g/mol. The van der Waals surface area contributed by atoms with Gasteiger partial charge in [-0.1, -0.05) is 0 Å². The van der Waals surface area contributed by atoms with Crippen LogP contribution in [0.4, 0.5) is 13.2 Å². The molecule has 1 N–H and O–H groups in total. The molecule has 0 aromatic carbocycles. The molecule has 0 aliphatic heterocycles. The van der Waals surface area contributed by atoms with Gasteiger partial charge in [0.2, 0.25) is 5.88 Å². The molecular weight excluding hydrogens is 227 g/mol. The number of alkyl halides is 3. The van der Waals surface area contributed by atoms with Crippen molar-refractivity contribution in [1.82, 2.24) is 4.98 Å². The van der Waals surface area contributed by atoms with Crippen molar-refractivity contribution in [3.8, 4) is 11.6 Å². The van der Waals surface area contributed by atoms with Crippen LogP contribution in [0.2, 0.25) is 0 Å². The highest BCUT2D eigenvalue weighted by molar-refractivity contribution is 5.41. The van der Waals surface area contributed by atoms with Crippen molar-refractivity contribution in [2.75, 3.05) is 7.11 Å². The molecule has 0 bridgehead atoms. The van der Waals surface area contributed by atoms with Gasteiger partial charge in [0.25, 0.3) is 0 Å². The Kier molecular flexibility index (Phi) is 3.58. The van der Waals surface area contributed by atoms with Crippen LogP contribution in [0.3, 0.4) is 0 Å². The molecule has 0 amide bonds. The topological polar surface area (TPSA) is 51.6 Å². The van der Waals surface area contributed by atoms with Gasteiger partial charge in [-0.3, -0.25) is 0 Å². The number of ether oxygens (including phenoxy) is 2. The Hall–Kier alpha value is -1.50. The first kappa shape index (κ1) is 12.6. The number of aromatic nitrogens is 1. The zero-order valence-corrected chi connectivity index (χ0v) is 8.63. The van der Waals surface area contributed by atoms with E-state index in [9.17, 15) is 13.2 Å².